The number of nitrogens with zero attached hydrogens (tertiary/aromatic N) is 1. The van der Waals surface area contributed by atoms with E-state index in [4.69, 9.17) is 0 Å². The largest absolute Gasteiger partial charge is 0.390 e. The summed E-state index contributed by atoms with van der Waals surface area (Å²) in [6.45, 7) is 4.80. The van der Waals surface area contributed by atoms with Gasteiger partial charge in [0.2, 0.25) is 0 Å². The molecule has 1 aliphatic rings. The van der Waals surface area contributed by atoms with Gasteiger partial charge in [0.25, 0.3) is 0 Å². The van der Waals surface area contributed by atoms with Gasteiger partial charge in [0.05, 0.1) is 6.10 Å². The van der Waals surface area contributed by atoms with Gasteiger partial charge in [-0.3, -0.25) is 0 Å². The highest BCUT2D eigenvalue weighted by molar-refractivity contribution is 4.80. The molecule has 1 fully saturated rings. The predicted octanol–water partition coefficient (Wildman–Crippen LogP) is 0.545. The zero-order valence-corrected chi connectivity index (χ0v) is 9.66. The average molecular weight is 200 g/mol. The van der Waals surface area contributed by atoms with Crippen molar-refractivity contribution in [2.75, 3.05) is 33.7 Å². The Morgan fingerprint density at radius 1 is 1.36 bits per heavy atom. The smallest absolute Gasteiger partial charge is 0.0791 e. The van der Waals surface area contributed by atoms with Gasteiger partial charge in [-0.2, -0.15) is 0 Å². The molecular formula is C11H24N2O. The Balaban J connectivity index is 1.96. The molecule has 3 nitrogen and oxygen atoms in total. The lowest BCUT2D eigenvalue weighted by molar-refractivity contribution is 0.133. The second-order valence-electron chi connectivity index (χ2n) is 4.89. The fourth-order valence-electron chi connectivity index (χ4n) is 1.80. The van der Waals surface area contributed by atoms with Crippen LogP contribution < -0.4 is 5.32 Å². The molecule has 0 amide bonds. The molecule has 0 aromatic carbocycles. The maximum absolute atomic E-state index is 9.58. The van der Waals surface area contributed by atoms with Crippen molar-refractivity contribution >= 4 is 0 Å². The van der Waals surface area contributed by atoms with Crippen LogP contribution >= 0.6 is 0 Å². The molecule has 2 unspecified atom stereocenters. The number of hydrogen-bond acceptors (Lipinski definition) is 3. The summed E-state index contributed by atoms with van der Waals surface area (Å²) in [6, 6.07) is 0. The molecule has 0 bridgehead atoms. The zero-order chi connectivity index (χ0) is 10.6. The summed E-state index contributed by atoms with van der Waals surface area (Å²) in [5.74, 6) is 1.73. The molecule has 2 atom stereocenters. The van der Waals surface area contributed by atoms with Crippen molar-refractivity contribution in [2.45, 2.75) is 25.9 Å². The van der Waals surface area contributed by atoms with Gasteiger partial charge in [-0.25, -0.2) is 0 Å². The molecule has 14 heavy (non-hydrogen) atoms. The second kappa shape index (κ2) is 5.69. The molecule has 2 N–H and O–H groups in total. The molecule has 0 aliphatic heterocycles. The minimum Gasteiger partial charge on any atom is -0.390 e. The van der Waals surface area contributed by atoms with Crippen LogP contribution in [0, 0.1) is 11.8 Å². The van der Waals surface area contributed by atoms with Gasteiger partial charge in [-0.05, 0) is 45.3 Å². The fourth-order valence-corrected chi connectivity index (χ4v) is 1.80. The van der Waals surface area contributed by atoms with E-state index in [1.807, 2.05) is 19.0 Å². The summed E-state index contributed by atoms with van der Waals surface area (Å²) in [4.78, 5) is 2.01. The first kappa shape index (κ1) is 12.0. The van der Waals surface area contributed by atoms with E-state index >= 15 is 0 Å². The summed E-state index contributed by atoms with van der Waals surface area (Å²) in [5.41, 5.74) is 0. The first-order valence-electron chi connectivity index (χ1n) is 5.63. The normalized spacial score (nSPS) is 21.2. The van der Waals surface area contributed by atoms with Crippen LogP contribution in [0.25, 0.3) is 0 Å². The van der Waals surface area contributed by atoms with E-state index < -0.39 is 0 Å². The van der Waals surface area contributed by atoms with Gasteiger partial charge in [-0.15, -0.1) is 0 Å². The highest BCUT2D eigenvalue weighted by Gasteiger charge is 2.27. The Labute approximate surface area is 87.5 Å². The van der Waals surface area contributed by atoms with Crippen molar-refractivity contribution in [1.82, 2.24) is 10.2 Å². The lowest BCUT2D eigenvalue weighted by atomic mass is 10.1. The number of hydrogen-bond donors (Lipinski definition) is 2. The Morgan fingerprint density at radius 3 is 2.50 bits per heavy atom. The number of rotatable bonds is 7. The lowest BCUT2D eigenvalue weighted by Gasteiger charge is -2.18. The van der Waals surface area contributed by atoms with Crippen molar-refractivity contribution < 1.29 is 5.11 Å². The van der Waals surface area contributed by atoms with Crippen LogP contribution in [0.1, 0.15) is 19.8 Å². The molecule has 0 aromatic heterocycles. The molecule has 3 heteroatoms. The highest BCUT2D eigenvalue weighted by Crippen LogP contribution is 2.35. The van der Waals surface area contributed by atoms with E-state index in [0.29, 0.717) is 0 Å². The van der Waals surface area contributed by atoms with Gasteiger partial charge < -0.3 is 15.3 Å². The van der Waals surface area contributed by atoms with Crippen LogP contribution in [0.2, 0.25) is 0 Å². The van der Waals surface area contributed by atoms with Gasteiger partial charge in [0.15, 0.2) is 0 Å². The van der Waals surface area contributed by atoms with E-state index in [-0.39, 0.29) is 6.10 Å². The molecule has 1 rings (SSSR count). The number of likely N-dealkylation sites (N-methyl/N-ethyl adjacent to an activating group) is 1. The fraction of sp³-hybridized carbons (Fsp3) is 1.00. The number of aliphatic hydroxyl groups is 1. The SMILES string of the molecule is CC(CNCC(O)CN(C)C)C1CC1. The molecule has 0 aromatic rings. The van der Waals surface area contributed by atoms with Crippen LogP contribution in [0.4, 0.5) is 0 Å². The van der Waals surface area contributed by atoms with Gasteiger partial charge in [0.1, 0.15) is 0 Å². The Kier molecular flexibility index (Phi) is 4.85. The van der Waals surface area contributed by atoms with Crippen LogP contribution in [0.3, 0.4) is 0 Å². The molecule has 84 valence electrons. The molecule has 0 spiro atoms. The minimum absolute atomic E-state index is 0.239. The van der Waals surface area contributed by atoms with Crippen molar-refractivity contribution in [3.05, 3.63) is 0 Å². The summed E-state index contributed by atoms with van der Waals surface area (Å²) in [7, 11) is 3.96. The standard InChI is InChI=1S/C11H24N2O/c1-9(10-4-5-10)6-12-7-11(14)8-13(2)3/h9-12,14H,4-8H2,1-3H3. The third-order valence-corrected chi connectivity index (χ3v) is 2.85. The molecular weight excluding hydrogens is 176 g/mol. The van der Waals surface area contributed by atoms with Crippen LogP contribution in [0.15, 0.2) is 0 Å². The first-order valence-corrected chi connectivity index (χ1v) is 5.63. The third kappa shape index (κ3) is 4.94. The molecule has 1 saturated carbocycles. The van der Waals surface area contributed by atoms with Gasteiger partial charge in [0, 0.05) is 13.1 Å². The topological polar surface area (TPSA) is 35.5 Å². The van der Waals surface area contributed by atoms with Gasteiger partial charge >= 0.3 is 0 Å². The summed E-state index contributed by atoms with van der Waals surface area (Å²) in [6.07, 6.45) is 2.57. The van der Waals surface area contributed by atoms with Crippen molar-refractivity contribution in [3.8, 4) is 0 Å². The Hall–Kier alpha value is -0.120. The van der Waals surface area contributed by atoms with E-state index in [1.165, 1.54) is 12.8 Å². The Morgan fingerprint density at radius 2 is 2.00 bits per heavy atom. The van der Waals surface area contributed by atoms with Crippen molar-refractivity contribution in [2.24, 2.45) is 11.8 Å². The Bertz CT molecular complexity index is 157. The summed E-state index contributed by atoms with van der Waals surface area (Å²) >= 11 is 0. The van der Waals surface area contributed by atoms with E-state index in [2.05, 4.69) is 12.2 Å². The van der Waals surface area contributed by atoms with Crippen LogP contribution in [0.5, 0.6) is 0 Å². The quantitative estimate of drug-likeness (QED) is 0.630. The molecule has 1 aliphatic carbocycles. The van der Waals surface area contributed by atoms with Crippen molar-refractivity contribution in [1.29, 1.82) is 0 Å². The maximum Gasteiger partial charge on any atom is 0.0791 e. The molecule has 0 heterocycles. The van der Waals surface area contributed by atoms with Crippen LogP contribution in [-0.4, -0.2) is 49.8 Å². The number of aliphatic hydroxyl groups excluding tert-OH is 1. The predicted molar refractivity (Wildman–Crippen MR) is 59.3 cm³/mol. The third-order valence-electron chi connectivity index (χ3n) is 2.85. The zero-order valence-electron chi connectivity index (χ0n) is 9.66. The van der Waals surface area contributed by atoms with Gasteiger partial charge in [-0.1, -0.05) is 6.92 Å². The van der Waals surface area contributed by atoms with E-state index in [1.54, 1.807) is 0 Å². The number of nitrogens with one attached hydrogen (secondary N) is 1. The van der Waals surface area contributed by atoms with E-state index in [0.717, 1.165) is 31.5 Å². The van der Waals surface area contributed by atoms with E-state index in [9.17, 15) is 5.11 Å². The molecule has 0 saturated heterocycles. The van der Waals surface area contributed by atoms with Crippen molar-refractivity contribution in [3.63, 3.8) is 0 Å². The van der Waals surface area contributed by atoms with Crippen LogP contribution in [-0.2, 0) is 0 Å². The maximum atomic E-state index is 9.58. The average Bonchev–Trinajstić information content (AvgIpc) is 2.84. The summed E-state index contributed by atoms with van der Waals surface area (Å²) < 4.78 is 0. The first-order chi connectivity index (χ1) is 6.59. The monoisotopic (exact) mass is 200 g/mol. The lowest BCUT2D eigenvalue weighted by Crippen LogP contribution is -2.36. The summed E-state index contributed by atoms with van der Waals surface area (Å²) in [5, 5.41) is 12.9. The molecule has 0 radical (unpaired) electrons. The highest BCUT2D eigenvalue weighted by atomic mass is 16.3. The second-order valence-corrected chi connectivity index (χ2v) is 4.89. The minimum atomic E-state index is -0.239.